The molecular formula is C12H22N2S. The minimum absolute atomic E-state index is 0.496. The van der Waals surface area contributed by atoms with Gasteiger partial charge >= 0.3 is 0 Å². The quantitative estimate of drug-likeness (QED) is 0.802. The summed E-state index contributed by atoms with van der Waals surface area (Å²) in [7, 11) is 0. The fourth-order valence-corrected chi connectivity index (χ4v) is 2.96. The molecule has 86 valence electrons. The van der Waals surface area contributed by atoms with Crippen molar-refractivity contribution in [1.29, 1.82) is 0 Å². The van der Waals surface area contributed by atoms with Crippen molar-refractivity contribution in [2.45, 2.75) is 46.6 Å². The molecule has 0 aliphatic heterocycles. The normalized spacial score (nSPS) is 13.4. The van der Waals surface area contributed by atoms with Gasteiger partial charge in [0, 0.05) is 17.1 Å². The van der Waals surface area contributed by atoms with Crippen LogP contribution in [-0.2, 0) is 0 Å². The van der Waals surface area contributed by atoms with Crippen LogP contribution in [0.3, 0.4) is 0 Å². The molecule has 0 aliphatic carbocycles. The smallest absolute Gasteiger partial charge is 0.0897 e. The molecule has 0 bridgehead atoms. The number of thiazole rings is 1. The third kappa shape index (κ3) is 3.28. The topological polar surface area (TPSA) is 24.9 Å². The summed E-state index contributed by atoms with van der Waals surface area (Å²) in [6.07, 6.45) is 4.49. The maximum atomic E-state index is 4.35. The minimum Gasteiger partial charge on any atom is -0.309 e. The zero-order chi connectivity index (χ0) is 11.3. The Morgan fingerprint density at radius 1 is 1.33 bits per heavy atom. The summed E-state index contributed by atoms with van der Waals surface area (Å²) in [5, 5.41) is 4.75. The van der Waals surface area contributed by atoms with Crippen LogP contribution in [-0.4, -0.2) is 11.5 Å². The van der Waals surface area contributed by atoms with Crippen molar-refractivity contribution in [2.24, 2.45) is 5.92 Å². The molecule has 0 amide bonds. The Morgan fingerprint density at radius 2 is 2.00 bits per heavy atom. The number of nitrogens with zero attached hydrogens (tertiary/aromatic N) is 1. The van der Waals surface area contributed by atoms with E-state index in [9.17, 15) is 0 Å². The summed E-state index contributed by atoms with van der Waals surface area (Å²) in [5.41, 5.74) is 0. The van der Waals surface area contributed by atoms with Crippen LogP contribution in [0, 0.1) is 12.8 Å². The largest absolute Gasteiger partial charge is 0.309 e. The number of hydrogen-bond donors (Lipinski definition) is 1. The molecule has 0 fully saturated rings. The molecule has 1 aromatic heterocycles. The Labute approximate surface area is 97.1 Å². The molecule has 0 aliphatic rings. The molecule has 1 rings (SSSR count). The van der Waals surface area contributed by atoms with E-state index in [0.29, 0.717) is 6.04 Å². The van der Waals surface area contributed by atoms with Crippen molar-refractivity contribution in [2.75, 3.05) is 6.54 Å². The summed E-state index contributed by atoms with van der Waals surface area (Å²) in [5.74, 6) is 0.727. The first-order valence-electron chi connectivity index (χ1n) is 5.88. The number of aromatic nitrogens is 1. The van der Waals surface area contributed by atoms with E-state index in [1.165, 1.54) is 22.7 Å². The van der Waals surface area contributed by atoms with Crippen molar-refractivity contribution in [3.05, 3.63) is 16.1 Å². The zero-order valence-electron chi connectivity index (χ0n) is 10.2. The highest BCUT2D eigenvalue weighted by Gasteiger charge is 2.21. The lowest BCUT2D eigenvalue weighted by atomic mass is 9.93. The third-order valence-electron chi connectivity index (χ3n) is 2.89. The Balaban J connectivity index is 2.81. The van der Waals surface area contributed by atoms with Gasteiger partial charge in [-0.05, 0) is 19.4 Å². The van der Waals surface area contributed by atoms with Crippen LogP contribution in [0.4, 0.5) is 0 Å². The van der Waals surface area contributed by atoms with E-state index < -0.39 is 0 Å². The summed E-state index contributed by atoms with van der Waals surface area (Å²) in [4.78, 5) is 5.74. The fraction of sp³-hybridized carbons (Fsp3) is 0.750. The highest BCUT2D eigenvalue weighted by atomic mass is 32.1. The maximum absolute atomic E-state index is 4.35. The van der Waals surface area contributed by atoms with Gasteiger partial charge in [-0.2, -0.15) is 0 Å². The van der Waals surface area contributed by atoms with Gasteiger partial charge in [-0.15, -0.1) is 11.3 Å². The molecule has 2 nitrogen and oxygen atoms in total. The monoisotopic (exact) mass is 226 g/mol. The van der Waals surface area contributed by atoms with Gasteiger partial charge in [-0.1, -0.05) is 33.6 Å². The second-order valence-electron chi connectivity index (χ2n) is 3.89. The molecule has 1 N–H and O–H groups in total. The molecule has 1 atom stereocenters. The Kier molecular flexibility index (Phi) is 5.26. The van der Waals surface area contributed by atoms with Crippen LogP contribution < -0.4 is 5.32 Å². The Morgan fingerprint density at radius 3 is 2.40 bits per heavy atom. The lowest BCUT2D eigenvalue weighted by Crippen LogP contribution is -2.27. The van der Waals surface area contributed by atoms with Crippen molar-refractivity contribution < 1.29 is 0 Å². The van der Waals surface area contributed by atoms with Crippen molar-refractivity contribution in [1.82, 2.24) is 10.3 Å². The van der Waals surface area contributed by atoms with Gasteiger partial charge in [0.15, 0.2) is 0 Å². The molecule has 3 heteroatoms. The lowest BCUT2D eigenvalue weighted by molar-refractivity contribution is 0.350. The summed E-state index contributed by atoms with van der Waals surface area (Å²) in [6.45, 7) is 9.81. The van der Waals surface area contributed by atoms with Crippen LogP contribution in [0.2, 0.25) is 0 Å². The molecular weight excluding hydrogens is 204 g/mol. The second kappa shape index (κ2) is 6.23. The summed E-state index contributed by atoms with van der Waals surface area (Å²) >= 11 is 1.82. The first-order valence-corrected chi connectivity index (χ1v) is 6.70. The average molecular weight is 226 g/mol. The molecule has 0 aromatic carbocycles. The van der Waals surface area contributed by atoms with Crippen molar-refractivity contribution in [3.8, 4) is 0 Å². The van der Waals surface area contributed by atoms with Crippen LogP contribution in [0.15, 0.2) is 6.20 Å². The van der Waals surface area contributed by atoms with E-state index in [1.807, 2.05) is 17.5 Å². The highest BCUT2D eigenvalue weighted by Crippen LogP contribution is 2.30. The lowest BCUT2D eigenvalue weighted by Gasteiger charge is -2.24. The van der Waals surface area contributed by atoms with Crippen LogP contribution in [0.25, 0.3) is 0 Å². The Bertz CT molecular complexity index is 279. The van der Waals surface area contributed by atoms with Gasteiger partial charge in [-0.3, -0.25) is 0 Å². The molecule has 0 radical (unpaired) electrons. The van der Waals surface area contributed by atoms with E-state index in [2.05, 4.69) is 38.0 Å². The van der Waals surface area contributed by atoms with Crippen LogP contribution >= 0.6 is 11.3 Å². The van der Waals surface area contributed by atoms with Gasteiger partial charge < -0.3 is 5.32 Å². The zero-order valence-corrected chi connectivity index (χ0v) is 11.0. The molecule has 0 saturated carbocycles. The van der Waals surface area contributed by atoms with Crippen molar-refractivity contribution in [3.63, 3.8) is 0 Å². The van der Waals surface area contributed by atoms with Crippen molar-refractivity contribution >= 4 is 11.3 Å². The SMILES string of the molecule is CCNC(c1cnc(C)s1)C(CC)CC. The predicted octanol–water partition coefficient (Wildman–Crippen LogP) is 3.54. The molecule has 15 heavy (non-hydrogen) atoms. The maximum Gasteiger partial charge on any atom is 0.0897 e. The average Bonchev–Trinajstić information content (AvgIpc) is 2.65. The van der Waals surface area contributed by atoms with Gasteiger partial charge in [0.1, 0.15) is 0 Å². The van der Waals surface area contributed by atoms with Gasteiger partial charge in [0.05, 0.1) is 5.01 Å². The minimum atomic E-state index is 0.496. The number of aryl methyl sites for hydroxylation is 1. The van der Waals surface area contributed by atoms with E-state index in [4.69, 9.17) is 0 Å². The molecule has 0 saturated heterocycles. The first-order chi connectivity index (χ1) is 7.22. The van der Waals surface area contributed by atoms with Gasteiger partial charge in [0.25, 0.3) is 0 Å². The first kappa shape index (κ1) is 12.7. The number of hydrogen-bond acceptors (Lipinski definition) is 3. The molecule has 1 aromatic rings. The standard InChI is InChI=1S/C12H22N2S/c1-5-10(6-2)12(13-7-3)11-8-14-9(4)15-11/h8,10,12-13H,5-7H2,1-4H3. The number of rotatable bonds is 6. The molecule has 0 spiro atoms. The van der Waals surface area contributed by atoms with E-state index in [-0.39, 0.29) is 0 Å². The van der Waals surface area contributed by atoms with E-state index in [0.717, 1.165) is 12.5 Å². The van der Waals surface area contributed by atoms with Crippen LogP contribution in [0.5, 0.6) is 0 Å². The molecule has 1 unspecified atom stereocenters. The third-order valence-corrected chi connectivity index (χ3v) is 3.89. The predicted molar refractivity (Wildman–Crippen MR) is 67.3 cm³/mol. The summed E-state index contributed by atoms with van der Waals surface area (Å²) in [6, 6.07) is 0.496. The van der Waals surface area contributed by atoms with Gasteiger partial charge in [-0.25, -0.2) is 4.98 Å². The second-order valence-corrected chi connectivity index (χ2v) is 5.16. The molecule has 1 heterocycles. The highest BCUT2D eigenvalue weighted by molar-refractivity contribution is 7.11. The Hall–Kier alpha value is -0.410. The van der Waals surface area contributed by atoms with E-state index in [1.54, 1.807) is 0 Å². The fourth-order valence-electron chi connectivity index (χ4n) is 2.00. The number of nitrogens with one attached hydrogen (secondary N) is 1. The summed E-state index contributed by atoms with van der Waals surface area (Å²) < 4.78 is 0. The van der Waals surface area contributed by atoms with Gasteiger partial charge in [0.2, 0.25) is 0 Å². The van der Waals surface area contributed by atoms with E-state index >= 15 is 0 Å². The van der Waals surface area contributed by atoms with Crippen LogP contribution in [0.1, 0.15) is 49.5 Å².